The lowest BCUT2D eigenvalue weighted by Gasteiger charge is -2.38. The Hall–Kier alpha value is -6.29. The minimum atomic E-state index is -0.500. The summed E-state index contributed by atoms with van der Waals surface area (Å²) in [5.74, 6) is 4.09. The molecule has 16 heteroatoms. The largest absolute Gasteiger partial charge is 0.493 e. The highest BCUT2D eigenvalue weighted by atomic mass is 16.6. The number of piperidine rings is 2. The summed E-state index contributed by atoms with van der Waals surface area (Å²) in [7, 11) is 0. The average Bonchev–Trinajstić information content (AvgIpc) is 1.13. The van der Waals surface area contributed by atoms with Gasteiger partial charge in [-0.15, -0.1) is 0 Å². The van der Waals surface area contributed by atoms with Crippen LogP contribution in [0.15, 0.2) is 42.5 Å². The molecule has 0 unspecified atom stereocenters. The third-order valence-corrected chi connectivity index (χ3v) is 17.2. The van der Waals surface area contributed by atoms with Crippen LogP contribution in [0.2, 0.25) is 0 Å². The standard InChI is InChI=1S/C25H38N2O4.C25H36N2O4.C20H30N2O2.CH4.H2/c2*1-7-16-30-23-20(10-11-22-21(23)9-8-17(2)27(22)18(3)28)19-12-14-26(15-13-19)24(29)31-25(4,5)6;1-4-13-24-20-17(16-9-11-21-12-10-16)7-8-19-18(20)6-5-14(2)22(19)15(3)23;;/h10-11,17,19H,7-9,12-16H2,1-6H3;10-12,17H,7-9,13-16H2,1-6H3;7-8,14,16,21H,4-6,9-13H2,1-3H3;1H4;1H/t2*17-;14-;;/m000../s1. The molecule has 6 aliphatic rings. The van der Waals surface area contributed by atoms with E-state index in [1.165, 1.54) is 22.3 Å². The van der Waals surface area contributed by atoms with Crippen molar-refractivity contribution in [3.63, 3.8) is 0 Å². The molecule has 5 amide bonds. The molecule has 0 radical (unpaired) electrons. The molecule has 0 aliphatic carbocycles. The van der Waals surface area contributed by atoms with Gasteiger partial charge < -0.3 is 53.5 Å². The van der Waals surface area contributed by atoms with Gasteiger partial charge in [0, 0.05) is 88.8 Å². The molecule has 87 heavy (non-hydrogen) atoms. The van der Waals surface area contributed by atoms with Gasteiger partial charge in [0.15, 0.2) is 0 Å². The van der Waals surface area contributed by atoms with E-state index in [0.717, 1.165) is 161 Å². The van der Waals surface area contributed by atoms with Crippen molar-refractivity contribution in [2.24, 2.45) is 0 Å². The van der Waals surface area contributed by atoms with Gasteiger partial charge in [0.2, 0.25) is 17.7 Å². The van der Waals surface area contributed by atoms with Gasteiger partial charge in [-0.3, -0.25) is 14.4 Å². The predicted molar refractivity (Wildman–Crippen MR) is 353 cm³/mol. The zero-order valence-electron chi connectivity index (χ0n) is 55.0. The maximum Gasteiger partial charge on any atom is 0.410 e. The van der Waals surface area contributed by atoms with Gasteiger partial charge in [-0.1, -0.05) is 46.4 Å². The second kappa shape index (κ2) is 31.2. The van der Waals surface area contributed by atoms with Gasteiger partial charge in [-0.05, 0) is 218 Å². The molecule has 0 saturated carbocycles. The number of rotatable bonds is 12. The number of carbonyl (C=O) groups excluding carboxylic acids is 5. The van der Waals surface area contributed by atoms with Crippen LogP contribution in [-0.4, -0.2) is 128 Å². The summed E-state index contributed by atoms with van der Waals surface area (Å²) in [6, 6.07) is 13.4. The van der Waals surface area contributed by atoms with Crippen molar-refractivity contribution < 1.29 is 49.1 Å². The van der Waals surface area contributed by atoms with Crippen LogP contribution in [0.4, 0.5) is 26.7 Å². The van der Waals surface area contributed by atoms with E-state index < -0.39 is 11.2 Å². The van der Waals surface area contributed by atoms with Gasteiger partial charge in [0.25, 0.3) is 0 Å². The molecule has 1 N–H and O–H groups in total. The Balaban J connectivity index is 0.000000240. The normalized spacial score (nSPS) is 19.7. The molecule has 3 aromatic carbocycles. The lowest BCUT2D eigenvalue weighted by molar-refractivity contribution is -0.117. The average molecular weight is 1210 g/mol. The van der Waals surface area contributed by atoms with Crippen LogP contribution in [0.5, 0.6) is 17.2 Å². The van der Waals surface area contributed by atoms with Gasteiger partial charge >= 0.3 is 12.2 Å². The number of hydrogen-bond acceptors (Lipinski definition) is 11. The molecule has 2 fully saturated rings. The van der Waals surface area contributed by atoms with E-state index in [1.807, 2.05) is 61.1 Å². The molecule has 6 aliphatic heterocycles. The monoisotopic (exact) mass is 1210 g/mol. The highest BCUT2D eigenvalue weighted by molar-refractivity contribution is 5.96. The highest BCUT2D eigenvalue weighted by Crippen LogP contribution is 2.47. The van der Waals surface area contributed by atoms with Crippen molar-refractivity contribution in [1.29, 1.82) is 0 Å². The number of nitrogens with zero attached hydrogens (tertiary/aromatic N) is 5. The van der Waals surface area contributed by atoms with E-state index in [1.54, 1.807) is 25.7 Å². The van der Waals surface area contributed by atoms with Crippen molar-refractivity contribution >= 4 is 52.5 Å². The molecule has 484 valence electrons. The van der Waals surface area contributed by atoms with Crippen molar-refractivity contribution in [1.82, 2.24) is 15.1 Å². The molecule has 6 heterocycles. The first-order valence-electron chi connectivity index (χ1n) is 32.5. The van der Waals surface area contributed by atoms with Crippen molar-refractivity contribution in [3.8, 4) is 17.2 Å². The summed E-state index contributed by atoms with van der Waals surface area (Å²) in [6.45, 7) is 35.6. The zero-order valence-corrected chi connectivity index (χ0v) is 55.0. The van der Waals surface area contributed by atoms with E-state index in [0.29, 0.717) is 51.2 Å². The Labute approximate surface area is 523 Å². The van der Waals surface area contributed by atoms with Gasteiger partial charge in [-0.25, -0.2) is 9.59 Å². The van der Waals surface area contributed by atoms with Crippen LogP contribution in [0.1, 0.15) is 229 Å². The van der Waals surface area contributed by atoms with E-state index in [-0.39, 0.29) is 56.9 Å². The van der Waals surface area contributed by atoms with Crippen molar-refractivity contribution in [3.05, 3.63) is 75.9 Å². The van der Waals surface area contributed by atoms with E-state index in [2.05, 4.69) is 89.3 Å². The molecule has 0 bridgehead atoms. The number of anilines is 3. The summed E-state index contributed by atoms with van der Waals surface area (Å²) in [6.07, 6.45) is 15.0. The van der Waals surface area contributed by atoms with Gasteiger partial charge in [0.1, 0.15) is 28.5 Å². The molecule has 9 rings (SSSR count). The molecule has 0 spiro atoms. The van der Waals surface area contributed by atoms with Crippen LogP contribution in [0.3, 0.4) is 0 Å². The van der Waals surface area contributed by atoms with E-state index in [4.69, 9.17) is 23.7 Å². The molecule has 0 aromatic heterocycles. The summed E-state index contributed by atoms with van der Waals surface area (Å²) < 4.78 is 29.8. The quantitative estimate of drug-likeness (QED) is 0.184. The smallest absolute Gasteiger partial charge is 0.410 e. The van der Waals surface area contributed by atoms with Crippen molar-refractivity contribution in [2.45, 2.75) is 242 Å². The number of nitrogens with one attached hydrogen (secondary N) is 1. The minimum absolute atomic E-state index is 0. The molecular formula is C71H110N6O10. The molecule has 3 aromatic rings. The number of carbonyl (C=O) groups is 5. The fourth-order valence-electron chi connectivity index (χ4n) is 13.1. The topological polar surface area (TPSA) is 160 Å². The van der Waals surface area contributed by atoms with Crippen molar-refractivity contribution in [2.75, 3.05) is 73.8 Å². The number of likely N-dealkylation sites (tertiary alicyclic amines) is 1. The van der Waals surface area contributed by atoms with Crippen LogP contribution in [0.25, 0.3) is 5.57 Å². The summed E-state index contributed by atoms with van der Waals surface area (Å²) in [5, 5.41) is 3.44. The minimum Gasteiger partial charge on any atom is -0.493 e. The molecule has 3 atom stereocenters. The third kappa shape index (κ3) is 17.5. The number of fused-ring (bicyclic) bond motifs is 3. The highest BCUT2D eigenvalue weighted by Gasteiger charge is 2.36. The Bertz CT molecular complexity index is 2880. The SMILES string of the molecule is C.CCCOc1c(C2=CCN(C(=O)OC(C)(C)C)CC2)ccc2c1CC[C@H](C)N2C(C)=O.CCCOc1c(C2CCN(C(=O)OC(C)(C)C)CC2)ccc2c1CC[C@H](C)N2C(C)=O.CCCOc1c(C2CCNCC2)ccc2c1CC[C@H](C)N2C(C)=O.[HH]. The Morgan fingerprint density at radius 1 is 0.506 bits per heavy atom. The first-order valence-corrected chi connectivity index (χ1v) is 32.5. The fourth-order valence-corrected chi connectivity index (χ4v) is 13.1. The Kier molecular flexibility index (Phi) is 25.1. The number of benzene rings is 3. The van der Waals surface area contributed by atoms with Crippen LogP contribution >= 0.6 is 0 Å². The second-order valence-corrected chi connectivity index (χ2v) is 26.5. The molecule has 16 nitrogen and oxygen atoms in total. The lowest BCUT2D eigenvalue weighted by atomic mass is 9.85. The number of ether oxygens (including phenoxy) is 5. The zero-order chi connectivity index (χ0) is 62.6. The molecular weight excluding hydrogens is 1100 g/mol. The summed E-state index contributed by atoms with van der Waals surface area (Å²) in [4.78, 5) is 70.9. The van der Waals surface area contributed by atoms with E-state index >= 15 is 0 Å². The lowest BCUT2D eigenvalue weighted by Crippen LogP contribution is -2.42. The third-order valence-electron chi connectivity index (χ3n) is 17.2. The maximum absolute atomic E-state index is 12.4. The number of amides is 5. The summed E-state index contributed by atoms with van der Waals surface area (Å²) in [5.41, 5.74) is 10.4. The summed E-state index contributed by atoms with van der Waals surface area (Å²) >= 11 is 0. The Morgan fingerprint density at radius 3 is 1.26 bits per heavy atom. The van der Waals surface area contributed by atoms with E-state index in [9.17, 15) is 24.0 Å². The number of hydrogen-bond donors (Lipinski definition) is 1. The Morgan fingerprint density at radius 2 is 0.885 bits per heavy atom. The predicted octanol–water partition coefficient (Wildman–Crippen LogP) is 15.0. The second-order valence-electron chi connectivity index (χ2n) is 26.5. The first kappa shape index (κ1) is 69.8. The maximum atomic E-state index is 12.4. The first-order chi connectivity index (χ1) is 40.9. The van der Waals surface area contributed by atoms with Gasteiger partial charge in [-0.2, -0.15) is 0 Å². The van der Waals surface area contributed by atoms with Crippen LogP contribution in [-0.2, 0) is 43.1 Å². The molecule has 2 saturated heterocycles. The van der Waals surface area contributed by atoms with Crippen LogP contribution < -0.4 is 34.2 Å². The fraction of sp³-hybridized carbons (Fsp3) is 0.648. The van der Waals surface area contributed by atoms with Gasteiger partial charge in [0.05, 0.1) is 36.9 Å². The van der Waals surface area contributed by atoms with Crippen LogP contribution in [0, 0.1) is 0 Å².